The summed E-state index contributed by atoms with van der Waals surface area (Å²) in [6.45, 7) is 1.35. The molecule has 1 atom stereocenters. The van der Waals surface area contributed by atoms with Crippen LogP contribution >= 0.6 is 0 Å². The highest BCUT2D eigenvalue weighted by atomic mass is 19.1. The van der Waals surface area contributed by atoms with Crippen molar-refractivity contribution in [2.75, 3.05) is 31.3 Å². The molecule has 0 spiro atoms. The molecule has 1 fully saturated rings. The van der Waals surface area contributed by atoms with Crippen molar-refractivity contribution in [3.63, 3.8) is 0 Å². The van der Waals surface area contributed by atoms with Gasteiger partial charge in [-0.05, 0) is 49.2 Å². The van der Waals surface area contributed by atoms with Crippen molar-refractivity contribution in [2.45, 2.75) is 18.9 Å². The summed E-state index contributed by atoms with van der Waals surface area (Å²) in [6, 6.07) is 13.6. The molecule has 3 N–H and O–H groups in total. The minimum atomic E-state index is -0.357. The molecule has 1 aliphatic heterocycles. The Bertz CT molecular complexity index is 1250. The molecular weight excluding hydrogens is 411 g/mol. The second-order valence-electron chi connectivity index (χ2n) is 7.62. The molecule has 1 aliphatic rings. The van der Waals surface area contributed by atoms with Gasteiger partial charge in [-0.2, -0.15) is 4.98 Å². The molecule has 32 heavy (non-hydrogen) atoms. The third-order valence-corrected chi connectivity index (χ3v) is 5.50. The summed E-state index contributed by atoms with van der Waals surface area (Å²) in [5.41, 5.74) is 8.78. The third kappa shape index (κ3) is 3.82. The second-order valence-corrected chi connectivity index (χ2v) is 7.62. The third-order valence-electron chi connectivity index (χ3n) is 5.50. The van der Waals surface area contributed by atoms with Crippen LogP contribution in [-0.2, 0) is 4.74 Å². The van der Waals surface area contributed by atoms with Gasteiger partial charge in [0.25, 0.3) is 0 Å². The molecule has 0 saturated carbocycles. The van der Waals surface area contributed by atoms with Crippen LogP contribution in [0.15, 0.2) is 48.5 Å². The monoisotopic (exact) mass is 434 g/mol. The van der Waals surface area contributed by atoms with E-state index in [-0.39, 0.29) is 11.9 Å². The highest BCUT2D eigenvalue weighted by Gasteiger charge is 2.21. The molecule has 1 unspecified atom stereocenters. The van der Waals surface area contributed by atoms with Crippen molar-refractivity contribution >= 4 is 22.8 Å². The van der Waals surface area contributed by atoms with Crippen LogP contribution in [0, 0.1) is 5.82 Å². The summed E-state index contributed by atoms with van der Waals surface area (Å²) < 4.78 is 26.5. The van der Waals surface area contributed by atoms with Crippen molar-refractivity contribution in [3.05, 3.63) is 54.3 Å². The van der Waals surface area contributed by atoms with Crippen molar-refractivity contribution in [1.29, 1.82) is 0 Å². The summed E-state index contributed by atoms with van der Waals surface area (Å²) in [5.74, 6) is 1.14. The van der Waals surface area contributed by atoms with E-state index in [9.17, 15) is 4.39 Å². The maximum absolute atomic E-state index is 14.0. The highest BCUT2D eigenvalue weighted by Crippen LogP contribution is 2.33. The standard InChI is InChI=1S/C23H23FN6O2/c1-31-17-9-7-16(8-10-17)30-21(25)19-20(14-4-2-5-15(24)12-14)27-23(28-22(19)29-30)26-13-18-6-3-11-32-18/h2,4-5,7-10,12,18H,3,6,11,13,25H2,1H3,(H,26,28,29). The van der Waals surface area contributed by atoms with E-state index in [0.29, 0.717) is 40.6 Å². The molecule has 0 radical (unpaired) electrons. The first-order chi connectivity index (χ1) is 15.6. The van der Waals surface area contributed by atoms with Gasteiger partial charge >= 0.3 is 0 Å². The number of halogens is 1. The summed E-state index contributed by atoms with van der Waals surface area (Å²) in [6.07, 6.45) is 2.16. The first-order valence-electron chi connectivity index (χ1n) is 10.4. The van der Waals surface area contributed by atoms with Crippen LogP contribution in [0.3, 0.4) is 0 Å². The zero-order valence-electron chi connectivity index (χ0n) is 17.6. The molecule has 0 bridgehead atoms. The molecule has 0 amide bonds. The van der Waals surface area contributed by atoms with Gasteiger partial charge in [-0.3, -0.25) is 0 Å². The molecule has 5 rings (SSSR count). The van der Waals surface area contributed by atoms with Gasteiger partial charge in [-0.25, -0.2) is 14.1 Å². The van der Waals surface area contributed by atoms with Gasteiger partial charge in [-0.15, -0.1) is 5.10 Å². The van der Waals surface area contributed by atoms with Crippen LogP contribution in [0.25, 0.3) is 28.0 Å². The molecule has 2 aromatic carbocycles. The van der Waals surface area contributed by atoms with Crippen LogP contribution in [-0.4, -0.2) is 46.1 Å². The van der Waals surface area contributed by atoms with Gasteiger partial charge in [0, 0.05) is 18.7 Å². The SMILES string of the molecule is COc1ccc(-n2nc3nc(NCC4CCCO4)nc(-c4cccc(F)c4)c3c2N)cc1. The topological polar surface area (TPSA) is 100 Å². The first kappa shape index (κ1) is 20.2. The Labute approximate surface area is 184 Å². The Morgan fingerprint density at radius 2 is 2.06 bits per heavy atom. The first-order valence-corrected chi connectivity index (χ1v) is 10.4. The minimum Gasteiger partial charge on any atom is -0.497 e. The number of fused-ring (bicyclic) bond motifs is 1. The number of nitrogen functional groups attached to an aromatic ring is 1. The summed E-state index contributed by atoms with van der Waals surface area (Å²) >= 11 is 0. The maximum Gasteiger partial charge on any atom is 0.225 e. The number of hydrogen-bond donors (Lipinski definition) is 2. The smallest absolute Gasteiger partial charge is 0.225 e. The molecule has 0 aliphatic carbocycles. The van der Waals surface area contributed by atoms with E-state index < -0.39 is 0 Å². The number of nitrogens with two attached hydrogens (primary N) is 1. The van der Waals surface area contributed by atoms with Crippen LogP contribution < -0.4 is 15.8 Å². The number of benzene rings is 2. The van der Waals surface area contributed by atoms with Crippen LogP contribution in [0.5, 0.6) is 5.75 Å². The van der Waals surface area contributed by atoms with Crippen LogP contribution in [0.2, 0.25) is 0 Å². The number of nitrogens with zero attached hydrogens (tertiary/aromatic N) is 4. The molecule has 9 heteroatoms. The number of anilines is 2. The Morgan fingerprint density at radius 3 is 2.78 bits per heavy atom. The quantitative estimate of drug-likeness (QED) is 0.476. The molecular formula is C23H23FN6O2. The van der Waals surface area contributed by atoms with Crippen molar-refractivity contribution < 1.29 is 13.9 Å². The van der Waals surface area contributed by atoms with E-state index in [2.05, 4.69) is 20.4 Å². The number of rotatable bonds is 6. The van der Waals surface area contributed by atoms with Gasteiger partial charge in [0.1, 0.15) is 17.4 Å². The minimum absolute atomic E-state index is 0.119. The van der Waals surface area contributed by atoms with E-state index >= 15 is 0 Å². The number of nitrogens with one attached hydrogen (secondary N) is 1. The summed E-state index contributed by atoms with van der Waals surface area (Å²) in [5, 5.41) is 8.43. The lowest BCUT2D eigenvalue weighted by molar-refractivity contribution is 0.120. The highest BCUT2D eigenvalue weighted by molar-refractivity contribution is 5.99. The van der Waals surface area contributed by atoms with E-state index in [1.807, 2.05) is 24.3 Å². The average Bonchev–Trinajstić information content (AvgIpc) is 3.45. The molecule has 164 valence electrons. The fourth-order valence-corrected chi connectivity index (χ4v) is 3.87. The molecule has 1 saturated heterocycles. The summed E-state index contributed by atoms with van der Waals surface area (Å²) in [7, 11) is 1.61. The lowest BCUT2D eigenvalue weighted by Crippen LogP contribution is -2.19. The zero-order valence-corrected chi connectivity index (χ0v) is 17.6. The predicted molar refractivity (Wildman–Crippen MR) is 120 cm³/mol. The van der Waals surface area contributed by atoms with E-state index in [1.54, 1.807) is 23.9 Å². The Kier molecular flexibility index (Phi) is 5.32. The van der Waals surface area contributed by atoms with Crippen molar-refractivity contribution in [2.24, 2.45) is 0 Å². The van der Waals surface area contributed by atoms with Gasteiger partial charge in [0.15, 0.2) is 5.65 Å². The van der Waals surface area contributed by atoms with Gasteiger partial charge in [0.05, 0.1) is 30.0 Å². The fraction of sp³-hybridized carbons (Fsp3) is 0.261. The fourth-order valence-electron chi connectivity index (χ4n) is 3.87. The lowest BCUT2D eigenvalue weighted by Gasteiger charge is -2.12. The molecule has 8 nitrogen and oxygen atoms in total. The molecule has 4 aromatic rings. The predicted octanol–water partition coefficient (Wildman–Crippen LogP) is 3.80. The van der Waals surface area contributed by atoms with Gasteiger partial charge in [-0.1, -0.05) is 12.1 Å². The zero-order chi connectivity index (χ0) is 22.1. The largest absolute Gasteiger partial charge is 0.497 e. The Hall–Kier alpha value is -3.72. The summed E-state index contributed by atoms with van der Waals surface area (Å²) in [4.78, 5) is 9.25. The van der Waals surface area contributed by atoms with Crippen molar-refractivity contribution in [3.8, 4) is 22.7 Å². The second kappa shape index (κ2) is 8.43. The maximum atomic E-state index is 14.0. The average molecular weight is 434 g/mol. The van der Waals surface area contributed by atoms with E-state index in [0.717, 1.165) is 30.9 Å². The van der Waals surface area contributed by atoms with Crippen LogP contribution in [0.4, 0.5) is 16.2 Å². The number of hydrogen-bond acceptors (Lipinski definition) is 7. The lowest BCUT2D eigenvalue weighted by atomic mass is 10.1. The van der Waals surface area contributed by atoms with Gasteiger partial charge < -0.3 is 20.5 Å². The number of methoxy groups -OCH3 is 1. The number of ether oxygens (including phenoxy) is 2. The number of aromatic nitrogens is 4. The Morgan fingerprint density at radius 1 is 1.22 bits per heavy atom. The molecule has 3 heterocycles. The Balaban J connectivity index is 1.62. The van der Waals surface area contributed by atoms with Crippen LogP contribution in [0.1, 0.15) is 12.8 Å². The van der Waals surface area contributed by atoms with E-state index in [1.165, 1.54) is 12.1 Å². The van der Waals surface area contributed by atoms with E-state index in [4.69, 9.17) is 15.2 Å². The van der Waals surface area contributed by atoms with Crippen molar-refractivity contribution in [1.82, 2.24) is 19.7 Å². The van der Waals surface area contributed by atoms with Gasteiger partial charge in [0.2, 0.25) is 5.95 Å². The normalized spacial score (nSPS) is 15.9. The molecule has 2 aromatic heterocycles.